The van der Waals surface area contributed by atoms with Crippen LogP contribution in [0.25, 0.3) is 10.8 Å². The summed E-state index contributed by atoms with van der Waals surface area (Å²) in [6, 6.07) is 9.21. The van der Waals surface area contributed by atoms with E-state index in [2.05, 4.69) is 0 Å². The molecule has 0 spiro atoms. The molecule has 4 nitrogen and oxygen atoms in total. The number of hydrogen-bond acceptors (Lipinski definition) is 4. The Labute approximate surface area is 144 Å². The van der Waals surface area contributed by atoms with Gasteiger partial charge in [-0.05, 0) is 36.8 Å². The summed E-state index contributed by atoms with van der Waals surface area (Å²) in [5.41, 5.74) is -0.592. The summed E-state index contributed by atoms with van der Waals surface area (Å²) in [4.78, 5) is 27.5. The van der Waals surface area contributed by atoms with Gasteiger partial charge < -0.3 is 10.0 Å². The third-order valence-electron chi connectivity index (χ3n) is 5.60. The lowest BCUT2D eigenvalue weighted by molar-refractivity contribution is -0.0885. The van der Waals surface area contributed by atoms with Crippen LogP contribution in [0.4, 0.5) is 0 Å². The van der Waals surface area contributed by atoms with E-state index in [9.17, 15) is 14.7 Å². The quantitative estimate of drug-likeness (QED) is 0.866. The Morgan fingerprint density at radius 2 is 2.08 bits per heavy atom. The Balaban J connectivity index is 1.61. The molecule has 0 bridgehead atoms. The number of fused-ring (bicyclic) bond motifs is 2. The van der Waals surface area contributed by atoms with Crippen LogP contribution in [-0.4, -0.2) is 34.6 Å². The van der Waals surface area contributed by atoms with Crippen molar-refractivity contribution >= 4 is 28.0 Å². The number of benzene rings is 1. The average Bonchev–Trinajstić information content (AvgIpc) is 2.60. The molecule has 1 aromatic heterocycles. The lowest BCUT2D eigenvalue weighted by atomic mass is 9.71. The van der Waals surface area contributed by atoms with Gasteiger partial charge in [0.05, 0.1) is 10.5 Å². The summed E-state index contributed by atoms with van der Waals surface area (Å²) >= 11 is 1.03. The minimum atomic E-state index is -0.592. The SMILES string of the molecule is O=C(c1cc2ccccc2c(=O)s1)N1CCC2(O)CCCCC2C1. The number of amides is 1. The number of piperidine rings is 1. The molecular weight excluding hydrogens is 322 g/mol. The van der Waals surface area contributed by atoms with Gasteiger partial charge in [0.25, 0.3) is 5.91 Å². The summed E-state index contributed by atoms with van der Waals surface area (Å²) < 4.78 is -0.0670. The monoisotopic (exact) mass is 343 g/mol. The summed E-state index contributed by atoms with van der Waals surface area (Å²) in [5.74, 6) is 0.0941. The maximum absolute atomic E-state index is 12.9. The van der Waals surface area contributed by atoms with E-state index < -0.39 is 5.60 Å². The van der Waals surface area contributed by atoms with E-state index in [0.29, 0.717) is 29.8 Å². The second kappa shape index (κ2) is 5.97. The predicted molar refractivity (Wildman–Crippen MR) is 95.5 cm³/mol. The van der Waals surface area contributed by atoms with Gasteiger partial charge in [-0.2, -0.15) is 0 Å². The van der Waals surface area contributed by atoms with Crippen LogP contribution in [-0.2, 0) is 0 Å². The molecule has 1 saturated heterocycles. The Morgan fingerprint density at radius 3 is 2.96 bits per heavy atom. The Bertz CT molecular complexity index is 846. The zero-order valence-corrected chi connectivity index (χ0v) is 14.3. The third kappa shape index (κ3) is 2.66. The highest BCUT2D eigenvalue weighted by Gasteiger charge is 2.43. The number of rotatable bonds is 1. The van der Waals surface area contributed by atoms with E-state index in [0.717, 1.165) is 42.4 Å². The number of nitrogens with zero attached hydrogens (tertiary/aromatic N) is 1. The topological polar surface area (TPSA) is 57.6 Å². The molecule has 1 amide bonds. The Kier molecular flexibility index (Phi) is 3.93. The van der Waals surface area contributed by atoms with Crippen molar-refractivity contribution in [2.75, 3.05) is 13.1 Å². The van der Waals surface area contributed by atoms with Gasteiger partial charge >= 0.3 is 0 Å². The van der Waals surface area contributed by atoms with Gasteiger partial charge in [-0.1, -0.05) is 42.4 Å². The number of carbonyl (C=O) groups is 1. The Morgan fingerprint density at radius 1 is 1.25 bits per heavy atom. The smallest absolute Gasteiger partial charge is 0.264 e. The molecule has 1 aliphatic carbocycles. The summed E-state index contributed by atoms with van der Waals surface area (Å²) in [6.45, 7) is 1.17. The largest absolute Gasteiger partial charge is 0.389 e. The van der Waals surface area contributed by atoms with Crippen molar-refractivity contribution in [1.29, 1.82) is 0 Å². The molecule has 2 aliphatic rings. The molecule has 2 heterocycles. The first-order valence-electron chi connectivity index (χ1n) is 8.61. The van der Waals surface area contributed by atoms with Crippen LogP contribution in [0.2, 0.25) is 0 Å². The summed E-state index contributed by atoms with van der Waals surface area (Å²) in [7, 11) is 0. The van der Waals surface area contributed by atoms with E-state index in [4.69, 9.17) is 0 Å². The number of likely N-dealkylation sites (tertiary alicyclic amines) is 1. The molecule has 2 fully saturated rings. The molecule has 0 radical (unpaired) electrons. The van der Waals surface area contributed by atoms with Crippen molar-refractivity contribution in [3.8, 4) is 0 Å². The van der Waals surface area contributed by atoms with Gasteiger partial charge in [-0.25, -0.2) is 0 Å². The standard InChI is InChI=1S/C19H21NO3S/c21-17(16-11-13-5-1-2-7-15(13)18(22)24-16)20-10-9-19(23)8-4-3-6-14(19)12-20/h1-2,5,7,11,14,23H,3-4,6,8-10,12H2. The van der Waals surface area contributed by atoms with E-state index >= 15 is 0 Å². The minimum absolute atomic E-state index is 0.0670. The number of carbonyl (C=O) groups excluding carboxylic acids is 1. The van der Waals surface area contributed by atoms with Crippen molar-refractivity contribution in [2.24, 2.45) is 5.92 Å². The van der Waals surface area contributed by atoms with Gasteiger partial charge in [0.1, 0.15) is 0 Å². The first-order chi connectivity index (χ1) is 11.6. The molecular formula is C19H21NO3S. The number of aliphatic hydroxyl groups is 1. The van der Waals surface area contributed by atoms with Gasteiger partial charge in [0.2, 0.25) is 4.74 Å². The second-order valence-electron chi connectivity index (χ2n) is 7.03. The zero-order valence-electron chi connectivity index (χ0n) is 13.5. The fourth-order valence-electron chi connectivity index (χ4n) is 4.15. The summed E-state index contributed by atoms with van der Waals surface area (Å²) in [6.07, 6.45) is 4.68. The number of hydrogen-bond donors (Lipinski definition) is 1. The van der Waals surface area contributed by atoms with E-state index in [1.807, 2.05) is 29.2 Å². The van der Waals surface area contributed by atoms with Gasteiger partial charge in [-0.3, -0.25) is 9.59 Å². The van der Waals surface area contributed by atoms with Crippen LogP contribution in [0.15, 0.2) is 35.1 Å². The zero-order chi connectivity index (χ0) is 16.7. The molecule has 1 aromatic carbocycles. The van der Waals surface area contributed by atoms with Crippen LogP contribution >= 0.6 is 11.3 Å². The molecule has 2 unspecified atom stereocenters. The molecule has 1 aliphatic heterocycles. The van der Waals surface area contributed by atoms with E-state index in [1.54, 1.807) is 6.07 Å². The first kappa shape index (κ1) is 15.8. The highest BCUT2D eigenvalue weighted by atomic mass is 32.1. The van der Waals surface area contributed by atoms with Crippen molar-refractivity contribution in [3.63, 3.8) is 0 Å². The normalized spacial score (nSPS) is 27.0. The molecule has 1 N–H and O–H groups in total. The van der Waals surface area contributed by atoms with Crippen molar-refractivity contribution in [2.45, 2.75) is 37.7 Å². The molecule has 2 atom stereocenters. The Hall–Kier alpha value is -1.72. The maximum Gasteiger partial charge on any atom is 0.264 e. The van der Waals surface area contributed by atoms with E-state index in [1.165, 1.54) is 0 Å². The molecule has 4 rings (SSSR count). The molecule has 1 saturated carbocycles. The van der Waals surface area contributed by atoms with Crippen molar-refractivity contribution in [1.82, 2.24) is 4.90 Å². The average molecular weight is 343 g/mol. The lowest BCUT2D eigenvalue weighted by Gasteiger charge is -2.47. The first-order valence-corrected chi connectivity index (χ1v) is 9.43. The fraction of sp³-hybridized carbons (Fsp3) is 0.474. The maximum atomic E-state index is 12.9. The molecule has 24 heavy (non-hydrogen) atoms. The van der Waals surface area contributed by atoms with Crippen LogP contribution in [0, 0.1) is 5.92 Å². The highest BCUT2D eigenvalue weighted by molar-refractivity contribution is 7.12. The second-order valence-corrected chi connectivity index (χ2v) is 8.05. The minimum Gasteiger partial charge on any atom is -0.389 e. The van der Waals surface area contributed by atoms with Gasteiger partial charge in [0.15, 0.2) is 0 Å². The predicted octanol–water partition coefficient (Wildman–Crippen LogP) is 3.03. The van der Waals surface area contributed by atoms with Gasteiger partial charge in [0, 0.05) is 24.4 Å². The van der Waals surface area contributed by atoms with Crippen molar-refractivity contribution < 1.29 is 9.90 Å². The molecule has 2 aromatic rings. The fourth-order valence-corrected chi connectivity index (χ4v) is 5.05. The summed E-state index contributed by atoms with van der Waals surface area (Å²) in [5, 5.41) is 12.2. The highest BCUT2D eigenvalue weighted by Crippen LogP contribution is 2.40. The van der Waals surface area contributed by atoms with Crippen molar-refractivity contribution in [3.05, 3.63) is 44.7 Å². The molecule has 5 heteroatoms. The van der Waals surface area contributed by atoms with Crippen LogP contribution in [0.3, 0.4) is 0 Å². The lowest BCUT2D eigenvalue weighted by Crippen LogP contribution is -2.54. The van der Waals surface area contributed by atoms with Crippen LogP contribution in [0.5, 0.6) is 0 Å². The van der Waals surface area contributed by atoms with Crippen LogP contribution in [0.1, 0.15) is 41.8 Å². The van der Waals surface area contributed by atoms with E-state index in [-0.39, 0.29) is 16.6 Å². The van der Waals surface area contributed by atoms with Gasteiger partial charge in [-0.15, -0.1) is 0 Å². The molecule has 126 valence electrons. The van der Waals surface area contributed by atoms with Crippen LogP contribution < -0.4 is 4.74 Å². The third-order valence-corrected chi connectivity index (χ3v) is 6.51.